The maximum absolute atomic E-state index is 13.0. The third-order valence-electron chi connectivity index (χ3n) is 3.05. The van der Waals surface area contributed by atoms with Gasteiger partial charge in [-0.1, -0.05) is 29.4 Å². The molecule has 1 N–H and O–H groups in total. The summed E-state index contributed by atoms with van der Waals surface area (Å²) in [6, 6.07) is 3.82. The first-order chi connectivity index (χ1) is 10.9. The molecule has 1 amide bonds. The molecule has 1 atom stereocenters. The number of aryl methyl sites for hydroxylation is 1. The highest BCUT2D eigenvalue weighted by molar-refractivity contribution is 8.00. The quantitative estimate of drug-likeness (QED) is 0.635. The van der Waals surface area contributed by atoms with Crippen molar-refractivity contribution in [3.05, 3.63) is 47.5 Å². The zero-order valence-electron chi connectivity index (χ0n) is 12.7. The number of nitrogens with one attached hydrogen (secondary N) is 1. The van der Waals surface area contributed by atoms with Crippen LogP contribution in [0, 0.1) is 12.7 Å². The molecule has 0 bridgehead atoms. The number of hydrogen-bond acceptors (Lipinski definition) is 4. The van der Waals surface area contributed by atoms with Crippen LogP contribution in [0.4, 0.5) is 10.1 Å². The van der Waals surface area contributed by atoms with Gasteiger partial charge in [-0.3, -0.25) is 4.79 Å². The lowest BCUT2D eigenvalue weighted by Gasteiger charge is -2.13. The fourth-order valence-corrected chi connectivity index (χ4v) is 2.94. The molecule has 0 saturated carbocycles. The summed E-state index contributed by atoms with van der Waals surface area (Å²) in [5.41, 5.74) is 0.370. The van der Waals surface area contributed by atoms with Crippen molar-refractivity contribution >= 4 is 35.0 Å². The number of benzene rings is 1. The van der Waals surface area contributed by atoms with Crippen molar-refractivity contribution in [2.45, 2.75) is 30.8 Å². The molecule has 122 valence electrons. The van der Waals surface area contributed by atoms with E-state index in [0.29, 0.717) is 17.4 Å². The maximum atomic E-state index is 13.0. The molecule has 0 aliphatic rings. The molecule has 5 nitrogen and oxygen atoms in total. The van der Waals surface area contributed by atoms with Crippen molar-refractivity contribution in [3.8, 4) is 0 Å². The molecule has 8 heteroatoms. The highest BCUT2D eigenvalue weighted by Gasteiger charge is 2.19. The van der Waals surface area contributed by atoms with Crippen molar-refractivity contribution in [2.75, 3.05) is 5.32 Å². The molecule has 2 aromatic rings. The lowest BCUT2D eigenvalue weighted by molar-refractivity contribution is -0.115. The van der Waals surface area contributed by atoms with Gasteiger partial charge in [-0.2, -0.15) is 0 Å². The van der Waals surface area contributed by atoms with Gasteiger partial charge in [0.15, 0.2) is 5.16 Å². The topological polar surface area (TPSA) is 59.8 Å². The van der Waals surface area contributed by atoms with Gasteiger partial charge in [0.25, 0.3) is 0 Å². The van der Waals surface area contributed by atoms with E-state index in [1.807, 2.05) is 11.5 Å². The van der Waals surface area contributed by atoms with Crippen molar-refractivity contribution < 1.29 is 9.18 Å². The molecule has 23 heavy (non-hydrogen) atoms. The predicted octanol–water partition coefficient (Wildman–Crippen LogP) is 3.68. The smallest absolute Gasteiger partial charge is 0.237 e. The first-order valence-corrected chi connectivity index (χ1v) is 8.11. The van der Waals surface area contributed by atoms with Gasteiger partial charge in [0.1, 0.15) is 11.6 Å². The Bertz CT molecular complexity index is 734. The summed E-state index contributed by atoms with van der Waals surface area (Å²) >= 11 is 7.19. The van der Waals surface area contributed by atoms with Gasteiger partial charge >= 0.3 is 0 Å². The minimum absolute atomic E-state index is 0.154. The number of anilines is 1. The van der Waals surface area contributed by atoms with Crippen LogP contribution in [0.5, 0.6) is 0 Å². The lowest BCUT2D eigenvalue weighted by Crippen LogP contribution is -2.23. The van der Waals surface area contributed by atoms with Crippen LogP contribution in [0.1, 0.15) is 12.7 Å². The van der Waals surface area contributed by atoms with Crippen molar-refractivity contribution in [3.63, 3.8) is 0 Å². The van der Waals surface area contributed by atoms with Gasteiger partial charge in [-0.25, -0.2) is 4.39 Å². The van der Waals surface area contributed by atoms with Crippen LogP contribution in [0.25, 0.3) is 0 Å². The fraction of sp³-hybridized carbons (Fsp3) is 0.267. The minimum atomic E-state index is -0.455. The number of nitrogens with zero attached hydrogens (tertiary/aromatic N) is 3. The van der Waals surface area contributed by atoms with Crippen LogP contribution in [0.15, 0.2) is 36.0 Å². The summed E-state index contributed by atoms with van der Waals surface area (Å²) < 4.78 is 14.9. The summed E-state index contributed by atoms with van der Waals surface area (Å²) in [6.45, 7) is 7.85. The molecule has 0 aliphatic heterocycles. The van der Waals surface area contributed by atoms with E-state index in [-0.39, 0.29) is 10.9 Å². The van der Waals surface area contributed by atoms with Gasteiger partial charge in [-0.15, -0.1) is 16.8 Å². The summed E-state index contributed by atoms with van der Waals surface area (Å²) in [6.07, 6.45) is 1.74. The number of amides is 1. The van der Waals surface area contributed by atoms with Crippen molar-refractivity contribution in [1.82, 2.24) is 14.8 Å². The highest BCUT2D eigenvalue weighted by Crippen LogP contribution is 2.26. The Balaban J connectivity index is 2.07. The van der Waals surface area contributed by atoms with Gasteiger partial charge in [0.05, 0.1) is 16.0 Å². The second-order valence-corrected chi connectivity index (χ2v) is 6.52. The molecule has 0 radical (unpaired) electrons. The standard InChI is InChI=1S/C15H16ClFN4OS/c1-4-7-21-10(3)19-20-15(21)23-9(2)14(22)18-13-6-5-11(17)8-12(13)16/h4-6,8-9H,1,7H2,2-3H3,(H,18,22)/t9-/m0/s1. The fourth-order valence-electron chi connectivity index (χ4n) is 1.82. The summed E-state index contributed by atoms with van der Waals surface area (Å²) in [5, 5.41) is 11.1. The number of aromatic nitrogens is 3. The Labute approximate surface area is 142 Å². The minimum Gasteiger partial charge on any atom is -0.324 e. The van der Waals surface area contributed by atoms with E-state index in [1.165, 1.54) is 23.9 Å². The van der Waals surface area contributed by atoms with E-state index in [4.69, 9.17) is 11.6 Å². The lowest BCUT2D eigenvalue weighted by atomic mass is 10.3. The molecule has 1 aromatic heterocycles. The van der Waals surface area contributed by atoms with Gasteiger partial charge in [-0.05, 0) is 32.0 Å². The number of thioether (sulfide) groups is 1. The average molecular weight is 355 g/mol. The van der Waals surface area contributed by atoms with Crippen LogP contribution in [-0.4, -0.2) is 25.9 Å². The third-order valence-corrected chi connectivity index (χ3v) is 4.45. The van der Waals surface area contributed by atoms with E-state index in [1.54, 1.807) is 13.0 Å². The summed E-state index contributed by atoms with van der Waals surface area (Å²) in [7, 11) is 0. The largest absolute Gasteiger partial charge is 0.324 e. The molecule has 2 rings (SSSR count). The molecular formula is C15H16ClFN4OS. The van der Waals surface area contributed by atoms with E-state index in [9.17, 15) is 9.18 Å². The number of allylic oxidation sites excluding steroid dienone is 1. The maximum Gasteiger partial charge on any atom is 0.237 e. The van der Waals surface area contributed by atoms with Gasteiger partial charge in [0.2, 0.25) is 5.91 Å². The van der Waals surface area contributed by atoms with Crippen LogP contribution in [0.3, 0.4) is 0 Å². The Morgan fingerprint density at radius 1 is 1.57 bits per heavy atom. The number of carbonyl (C=O) groups excluding carboxylic acids is 1. The highest BCUT2D eigenvalue weighted by atomic mass is 35.5. The first kappa shape index (κ1) is 17.5. The Hall–Kier alpha value is -1.86. The zero-order valence-corrected chi connectivity index (χ0v) is 14.3. The molecule has 0 saturated heterocycles. The third kappa shape index (κ3) is 4.33. The second kappa shape index (κ2) is 7.61. The number of halogens is 2. The number of hydrogen-bond donors (Lipinski definition) is 1. The van der Waals surface area contributed by atoms with Crippen molar-refractivity contribution in [2.24, 2.45) is 0 Å². The zero-order chi connectivity index (χ0) is 17.0. The van der Waals surface area contributed by atoms with E-state index >= 15 is 0 Å². The summed E-state index contributed by atoms with van der Waals surface area (Å²) in [4.78, 5) is 12.3. The van der Waals surface area contributed by atoms with E-state index < -0.39 is 11.1 Å². The van der Waals surface area contributed by atoms with Gasteiger partial charge < -0.3 is 9.88 Å². The first-order valence-electron chi connectivity index (χ1n) is 6.85. The molecule has 0 fully saturated rings. The molecule has 1 heterocycles. The van der Waals surface area contributed by atoms with Crippen LogP contribution in [0.2, 0.25) is 5.02 Å². The van der Waals surface area contributed by atoms with Crippen molar-refractivity contribution in [1.29, 1.82) is 0 Å². The number of carbonyl (C=O) groups is 1. The Morgan fingerprint density at radius 3 is 2.96 bits per heavy atom. The van der Waals surface area contributed by atoms with Crippen LogP contribution >= 0.6 is 23.4 Å². The average Bonchev–Trinajstić information content (AvgIpc) is 2.83. The summed E-state index contributed by atoms with van der Waals surface area (Å²) in [5.74, 6) is 0.0410. The normalized spacial score (nSPS) is 12.0. The molecule has 0 unspecified atom stereocenters. The monoisotopic (exact) mass is 354 g/mol. The SMILES string of the molecule is C=CCn1c(C)nnc1S[C@@H](C)C(=O)Nc1ccc(F)cc1Cl. The second-order valence-electron chi connectivity index (χ2n) is 4.80. The Kier molecular flexibility index (Phi) is 5.79. The predicted molar refractivity (Wildman–Crippen MR) is 90.3 cm³/mol. The molecule has 0 aliphatic carbocycles. The van der Waals surface area contributed by atoms with Gasteiger partial charge in [0, 0.05) is 6.54 Å². The Morgan fingerprint density at radius 2 is 2.30 bits per heavy atom. The van der Waals surface area contributed by atoms with E-state index in [2.05, 4.69) is 22.1 Å². The molecular weight excluding hydrogens is 339 g/mol. The molecule has 0 spiro atoms. The van der Waals surface area contributed by atoms with E-state index in [0.717, 1.165) is 11.9 Å². The number of rotatable bonds is 6. The molecule has 1 aromatic carbocycles. The van der Waals surface area contributed by atoms with Crippen LogP contribution < -0.4 is 5.32 Å². The van der Waals surface area contributed by atoms with Crippen LogP contribution in [-0.2, 0) is 11.3 Å².